The largest absolute Gasteiger partial charge is 0.352 e. The zero-order valence-electron chi connectivity index (χ0n) is 17.8. The van der Waals surface area contributed by atoms with E-state index in [-0.39, 0.29) is 34.8 Å². The lowest BCUT2D eigenvalue weighted by Gasteiger charge is -2.14. The van der Waals surface area contributed by atoms with E-state index in [0.29, 0.717) is 18.1 Å². The summed E-state index contributed by atoms with van der Waals surface area (Å²) in [6, 6.07) is -0.315. The van der Waals surface area contributed by atoms with Gasteiger partial charge in [0.2, 0.25) is 5.91 Å². The van der Waals surface area contributed by atoms with Crippen molar-refractivity contribution < 1.29 is 13.2 Å². The van der Waals surface area contributed by atoms with Crippen LogP contribution >= 0.6 is 23.1 Å². The zero-order chi connectivity index (χ0) is 22.0. The topological polar surface area (TPSA) is 98.1 Å². The zero-order valence-corrected chi connectivity index (χ0v) is 20.3. The van der Waals surface area contributed by atoms with E-state index in [1.54, 1.807) is 15.9 Å². The number of aryl methyl sites for hydroxylation is 2. The second-order valence-electron chi connectivity index (χ2n) is 8.41. The summed E-state index contributed by atoms with van der Waals surface area (Å²) in [4.78, 5) is 32.6. The molecule has 2 aromatic rings. The van der Waals surface area contributed by atoms with Gasteiger partial charge in [-0.2, -0.15) is 0 Å². The van der Waals surface area contributed by atoms with Crippen LogP contribution in [-0.4, -0.2) is 47.2 Å². The Morgan fingerprint density at radius 1 is 1.29 bits per heavy atom. The normalized spacial score (nSPS) is 19.7. The Morgan fingerprint density at radius 2 is 2.13 bits per heavy atom. The minimum Gasteiger partial charge on any atom is -0.352 e. The van der Waals surface area contributed by atoms with Crippen LogP contribution in [0.5, 0.6) is 0 Å². The fraction of sp³-hybridized carbons (Fsp3) is 0.667. The van der Waals surface area contributed by atoms with Crippen LogP contribution < -0.4 is 10.9 Å². The van der Waals surface area contributed by atoms with Crippen LogP contribution in [0.1, 0.15) is 55.9 Å². The molecular formula is C21H29N3O4S3. The first-order valence-corrected chi connectivity index (χ1v) is 14.7. The fourth-order valence-electron chi connectivity index (χ4n) is 4.37. The van der Waals surface area contributed by atoms with E-state index in [1.807, 2.05) is 0 Å². The van der Waals surface area contributed by atoms with Crippen LogP contribution in [0.4, 0.5) is 0 Å². The second kappa shape index (κ2) is 9.62. The number of unbranched alkanes of at least 4 members (excludes halogenated alkanes) is 3. The van der Waals surface area contributed by atoms with E-state index < -0.39 is 9.84 Å². The average Bonchev–Trinajstić information content (AvgIpc) is 3.39. The Hall–Kier alpha value is -1.39. The van der Waals surface area contributed by atoms with Crippen molar-refractivity contribution in [3.63, 3.8) is 0 Å². The SMILES string of the molecule is CCCCCCn1c(SCC(=O)NC2CCS(=O)(=O)C2)nc2sc3c(c2c1=O)CCC3. The molecule has 31 heavy (non-hydrogen) atoms. The van der Waals surface area contributed by atoms with E-state index in [9.17, 15) is 18.0 Å². The number of hydrogen-bond acceptors (Lipinski definition) is 7. The van der Waals surface area contributed by atoms with Crippen molar-refractivity contribution in [2.24, 2.45) is 0 Å². The molecule has 1 fully saturated rings. The highest BCUT2D eigenvalue weighted by atomic mass is 32.2. The molecule has 2 aliphatic rings. The monoisotopic (exact) mass is 483 g/mol. The van der Waals surface area contributed by atoms with Gasteiger partial charge in [-0.05, 0) is 37.7 Å². The molecule has 10 heteroatoms. The van der Waals surface area contributed by atoms with Crippen molar-refractivity contribution >= 4 is 49.1 Å². The maximum absolute atomic E-state index is 13.4. The fourth-order valence-corrected chi connectivity index (χ4v) is 8.18. The van der Waals surface area contributed by atoms with Crippen molar-refractivity contribution in [2.75, 3.05) is 17.3 Å². The van der Waals surface area contributed by atoms with Gasteiger partial charge in [-0.25, -0.2) is 13.4 Å². The van der Waals surface area contributed by atoms with Crippen LogP contribution in [0.25, 0.3) is 10.2 Å². The summed E-state index contributed by atoms with van der Waals surface area (Å²) in [5, 5.41) is 4.18. The van der Waals surface area contributed by atoms with Gasteiger partial charge < -0.3 is 5.32 Å². The van der Waals surface area contributed by atoms with E-state index in [1.165, 1.54) is 22.2 Å². The predicted octanol–water partition coefficient (Wildman–Crippen LogP) is 2.92. The number of amides is 1. The molecule has 1 aliphatic carbocycles. The molecule has 1 unspecified atom stereocenters. The number of hydrogen-bond donors (Lipinski definition) is 1. The number of sulfone groups is 1. The molecule has 170 valence electrons. The molecule has 1 saturated heterocycles. The van der Waals surface area contributed by atoms with Gasteiger partial charge in [0.05, 0.1) is 22.6 Å². The van der Waals surface area contributed by atoms with Crippen molar-refractivity contribution in [3.05, 3.63) is 20.8 Å². The van der Waals surface area contributed by atoms with Gasteiger partial charge in [0.15, 0.2) is 15.0 Å². The van der Waals surface area contributed by atoms with Gasteiger partial charge in [0.25, 0.3) is 5.56 Å². The first-order chi connectivity index (χ1) is 14.9. The molecule has 1 amide bonds. The smallest absolute Gasteiger partial charge is 0.263 e. The van der Waals surface area contributed by atoms with Crippen LogP contribution in [0.2, 0.25) is 0 Å². The molecule has 1 aliphatic heterocycles. The van der Waals surface area contributed by atoms with Crippen molar-refractivity contribution in [3.8, 4) is 0 Å². The molecular weight excluding hydrogens is 454 g/mol. The lowest BCUT2D eigenvalue weighted by Crippen LogP contribution is -2.36. The van der Waals surface area contributed by atoms with Crippen molar-refractivity contribution in [1.82, 2.24) is 14.9 Å². The molecule has 7 nitrogen and oxygen atoms in total. The third-order valence-corrected chi connectivity index (χ3v) is 9.89. The molecule has 1 N–H and O–H groups in total. The molecule has 0 radical (unpaired) electrons. The number of fused-ring (bicyclic) bond motifs is 3. The van der Waals surface area contributed by atoms with Crippen molar-refractivity contribution in [1.29, 1.82) is 0 Å². The summed E-state index contributed by atoms with van der Waals surface area (Å²) >= 11 is 2.88. The Labute approximate surface area is 190 Å². The number of nitrogens with zero attached hydrogens (tertiary/aromatic N) is 2. The average molecular weight is 484 g/mol. The Balaban J connectivity index is 1.52. The van der Waals surface area contributed by atoms with Gasteiger partial charge in [-0.3, -0.25) is 14.2 Å². The summed E-state index contributed by atoms with van der Waals surface area (Å²) in [6.45, 7) is 2.77. The standard InChI is InChI=1S/C21H29N3O4S3/c1-2-3-4-5-10-24-20(26)18-15-7-6-8-16(15)30-19(18)23-21(24)29-12-17(25)22-14-9-11-31(27,28)13-14/h14H,2-13H2,1H3,(H,22,25). The van der Waals surface area contributed by atoms with Crippen LogP contribution in [-0.2, 0) is 34.0 Å². The molecule has 0 aromatic carbocycles. The Bertz CT molecular complexity index is 1140. The first-order valence-electron chi connectivity index (χ1n) is 11.1. The van der Waals surface area contributed by atoms with Crippen LogP contribution in [0, 0.1) is 0 Å². The number of thiophene rings is 1. The molecule has 0 spiro atoms. The van der Waals surface area contributed by atoms with Gasteiger partial charge in [0, 0.05) is 17.5 Å². The number of aromatic nitrogens is 2. The molecule has 2 aromatic heterocycles. The second-order valence-corrected chi connectivity index (χ2v) is 12.7. The summed E-state index contributed by atoms with van der Waals surface area (Å²) < 4.78 is 25.0. The summed E-state index contributed by atoms with van der Waals surface area (Å²) in [6.07, 6.45) is 7.75. The minimum absolute atomic E-state index is 0.0104. The quantitative estimate of drug-likeness (QED) is 0.335. The van der Waals surface area contributed by atoms with Gasteiger partial charge >= 0.3 is 0 Å². The number of rotatable bonds is 9. The van der Waals surface area contributed by atoms with E-state index in [4.69, 9.17) is 4.98 Å². The number of carbonyl (C=O) groups excluding carboxylic acids is 1. The third-order valence-electron chi connectivity index (χ3n) is 5.96. The highest BCUT2D eigenvalue weighted by Crippen LogP contribution is 2.35. The van der Waals surface area contributed by atoms with E-state index >= 15 is 0 Å². The minimum atomic E-state index is -3.04. The van der Waals surface area contributed by atoms with Gasteiger partial charge in [-0.15, -0.1) is 11.3 Å². The van der Waals surface area contributed by atoms with Crippen LogP contribution in [0.15, 0.2) is 9.95 Å². The molecule has 0 bridgehead atoms. The molecule has 0 saturated carbocycles. The maximum Gasteiger partial charge on any atom is 0.263 e. The lowest BCUT2D eigenvalue weighted by atomic mass is 10.2. The van der Waals surface area contributed by atoms with E-state index in [2.05, 4.69) is 12.2 Å². The van der Waals surface area contributed by atoms with E-state index in [0.717, 1.165) is 55.2 Å². The summed E-state index contributed by atoms with van der Waals surface area (Å²) in [7, 11) is -3.04. The lowest BCUT2D eigenvalue weighted by molar-refractivity contribution is -0.119. The number of nitrogens with one attached hydrogen (secondary N) is 1. The predicted molar refractivity (Wildman–Crippen MR) is 126 cm³/mol. The van der Waals surface area contributed by atoms with Crippen molar-refractivity contribution in [2.45, 2.75) is 76.0 Å². The maximum atomic E-state index is 13.4. The Kier molecular flexibility index (Phi) is 7.07. The third kappa shape index (κ3) is 5.17. The first kappa shape index (κ1) is 22.8. The van der Waals surface area contributed by atoms with Gasteiger partial charge in [-0.1, -0.05) is 37.9 Å². The number of thioether (sulfide) groups is 1. The highest BCUT2D eigenvalue weighted by Gasteiger charge is 2.29. The summed E-state index contributed by atoms with van der Waals surface area (Å²) in [5.41, 5.74) is 1.20. The molecule has 3 heterocycles. The van der Waals surface area contributed by atoms with Gasteiger partial charge in [0.1, 0.15) is 4.83 Å². The molecule has 1 atom stereocenters. The molecule has 4 rings (SSSR count). The van der Waals surface area contributed by atoms with Crippen LogP contribution in [0.3, 0.4) is 0 Å². The summed E-state index contributed by atoms with van der Waals surface area (Å²) in [5.74, 6) is 0.0435. The number of carbonyl (C=O) groups is 1. The highest BCUT2D eigenvalue weighted by molar-refractivity contribution is 7.99. The Morgan fingerprint density at radius 3 is 2.87 bits per heavy atom.